The van der Waals surface area contributed by atoms with Crippen LogP contribution in [0, 0.1) is 17.1 Å². The molecule has 2 aromatic rings. The van der Waals surface area contributed by atoms with Gasteiger partial charge in [0.05, 0.1) is 17.3 Å². The van der Waals surface area contributed by atoms with Crippen LogP contribution in [0.15, 0.2) is 42.6 Å². The minimum absolute atomic E-state index is 0.312. The SMILES string of the molecule is N#Cc1ccc(-c2ccccn2)c(F)c1. The molecule has 3 heteroatoms. The molecule has 0 atom stereocenters. The molecule has 1 aromatic carbocycles. The molecule has 72 valence electrons. The Morgan fingerprint density at radius 2 is 2.07 bits per heavy atom. The van der Waals surface area contributed by atoms with Crippen molar-refractivity contribution in [3.05, 3.63) is 54.0 Å². The number of benzene rings is 1. The molecule has 0 fully saturated rings. The van der Waals surface area contributed by atoms with Gasteiger partial charge in [0.15, 0.2) is 0 Å². The number of nitriles is 1. The van der Waals surface area contributed by atoms with Crippen LogP contribution in [-0.2, 0) is 0 Å². The Labute approximate surface area is 86.6 Å². The summed E-state index contributed by atoms with van der Waals surface area (Å²) in [5, 5.41) is 8.59. The lowest BCUT2D eigenvalue weighted by Gasteiger charge is -2.01. The standard InChI is InChI=1S/C12H7FN2/c13-11-7-9(8-14)4-5-10(11)12-3-1-2-6-15-12/h1-7H. The molecular formula is C12H7FN2. The van der Waals surface area contributed by atoms with Crippen molar-refractivity contribution in [2.75, 3.05) is 0 Å². The van der Waals surface area contributed by atoms with E-state index in [4.69, 9.17) is 5.26 Å². The lowest BCUT2D eigenvalue weighted by atomic mass is 10.1. The van der Waals surface area contributed by atoms with Gasteiger partial charge in [0, 0.05) is 11.8 Å². The summed E-state index contributed by atoms with van der Waals surface area (Å²) in [4.78, 5) is 4.04. The highest BCUT2D eigenvalue weighted by Gasteiger charge is 2.06. The smallest absolute Gasteiger partial charge is 0.133 e. The van der Waals surface area contributed by atoms with Crippen LogP contribution in [0.1, 0.15) is 5.56 Å². The minimum atomic E-state index is -0.423. The predicted octanol–water partition coefficient (Wildman–Crippen LogP) is 2.76. The molecule has 0 saturated carbocycles. The van der Waals surface area contributed by atoms with Gasteiger partial charge < -0.3 is 0 Å². The molecule has 0 saturated heterocycles. The average molecular weight is 198 g/mol. The second-order valence-corrected chi connectivity index (χ2v) is 3.02. The zero-order valence-electron chi connectivity index (χ0n) is 7.81. The molecular weight excluding hydrogens is 191 g/mol. The van der Waals surface area contributed by atoms with Crippen LogP contribution in [0.5, 0.6) is 0 Å². The van der Waals surface area contributed by atoms with Gasteiger partial charge in [-0.1, -0.05) is 6.07 Å². The highest BCUT2D eigenvalue weighted by molar-refractivity contribution is 5.60. The first kappa shape index (κ1) is 9.35. The molecule has 0 amide bonds. The van der Waals surface area contributed by atoms with E-state index in [1.54, 1.807) is 36.5 Å². The Morgan fingerprint density at radius 3 is 2.67 bits per heavy atom. The summed E-state index contributed by atoms with van der Waals surface area (Å²) < 4.78 is 13.5. The molecule has 0 aliphatic carbocycles. The van der Waals surface area contributed by atoms with Crippen molar-refractivity contribution in [1.29, 1.82) is 5.26 Å². The lowest BCUT2D eigenvalue weighted by Crippen LogP contribution is -1.88. The van der Waals surface area contributed by atoms with Crippen molar-refractivity contribution in [3.8, 4) is 17.3 Å². The first-order valence-electron chi connectivity index (χ1n) is 4.42. The van der Waals surface area contributed by atoms with Crippen molar-refractivity contribution in [3.63, 3.8) is 0 Å². The third-order valence-corrected chi connectivity index (χ3v) is 2.04. The summed E-state index contributed by atoms with van der Waals surface area (Å²) in [5.41, 5.74) is 1.29. The minimum Gasteiger partial charge on any atom is -0.256 e. The summed E-state index contributed by atoms with van der Waals surface area (Å²) in [7, 11) is 0. The van der Waals surface area contributed by atoms with Gasteiger partial charge in [-0.05, 0) is 30.3 Å². The van der Waals surface area contributed by atoms with Crippen LogP contribution in [0.25, 0.3) is 11.3 Å². The van der Waals surface area contributed by atoms with Gasteiger partial charge in [-0.2, -0.15) is 5.26 Å². The second-order valence-electron chi connectivity index (χ2n) is 3.02. The van der Waals surface area contributed by atoms with E-state index in [1.807, 2.05) is 6.07 Å². The largest absolute Gasteiger partial charge is 0.256 e. The van der Waals surface area contributed by atoms with Crippen LogP contribution in [-0.4, -0.2) is 4.98 Å². The van der Waals surface area contributed by atoms with Gasteiger partial charge in [0.2, 0.25) is 0 Å². The number of hydrogen-bond donors (Lipinski definition) is 0. The Bertz CT molecular complexity index is 515. The zero-order valence-corrected chi connectivity index (χ0v) is 7.81. The first-order chi connectivity index (χ1) is 7.31. The normalized spacial score (nSPS) is 9.60. The van der Waals surface area contributed by atoms with Crippen molar-refractivity contribution in [1.82, 2.24) is 4.98 Å². The molecule has 0 aliphatic heterocycles. The fourth-order valence-corrected chi connectivity index (χ4v) is 1.31. The molecule has 15 heavy (non-hydrogen) atoms. The van der Waals surface area contributed by atoms with Crippen LogP contribution in [0.4, 0.5) is 4.39 Å². The molecule has 1 aromatic heterocycles. The predicted molar refractivity (Wildman–Crippen MR) is 54.3 cm³/mol. The Hall–Kier alpha value is -2.21. The van der Waals surface area contributed by atoms with Crippen LogP contribution in [0.2, 0.25) is 0 Å². The summed E-state index contributed by atoms with van der Waals surface area (Å²) in [6, 6.07) is 11.5. The molecule has 0 spiro atoms. The highest BCUT2D eigenvalue weighted by atomic mass is 19.1. The van der Waals surface area contributed by atoms with Crippen molar-refractivity contribution >= 4 is 0 Å². The molecule has 1 heterocycles. The maximum Gasteiger partial charge on any atom is 0.133 e. The van der Waals surface area contributed by atoms with E-state index >= 15 is 0 Å². The summed E-state index contributed by atoms with van der Waals surface area (Å²) >= 11 is 0. The van der Waals surface area contributed by atoms with E-state index in [9.17, 15) is 4.39 Å². The highest BCUT2D eigenvalue weighted by Crippen LogP contribution is 2.20. The van der Waals surface area contributed by atoms with E-state index in [2.05, 4.69) is 4.98 Å². The van der Waals surface area contributed by atoms with E-state index in [-0.39, 0.29) is 0 Å². The molecule has 0 aliphatic rings. The van der Waals surface area contributed by atoms with Crippen molar-refractivity contribution < 1.29 is 4.39 Å². The van der Waals surface area contributed by atoms with E-state index in [0.717, 1.165) is 0 Å². The summed E-state index contributed by atoms with van der Waals surface area (Å²) in [6.07, 6.45) is 1.60. The summed E-state index contributed by atoms with van der Waals surface area (Å²) in [6.45, 7) is 0. The van der Waals surface area contributed by atoms with Crippen LogP contribution < -0.4 is 0 Å². The Balaban J connectivity index is 2.52. The number of aromatic nitrogens is 1. The molecule has 0 radical (unpaired) electrons. The maximum atomic E-state index is 13.5. The number of halogens is 1. The van der Waals surface area contributed by atoms with E-state index < -0.39 is 5.82 Å². The Kier molecular flexibility index (Phi) is 2.42. The molecule has 0 unspecified atom stereocenters. The van der Waals surface area contributed by atoms with Gasteiger partial charge >= 0.3 is 0 Å². The Morgan fingerprint density at radius 1 is 1.20 bits per heavy atom. The fourth-order valence-electron chi connectivity index (χ4n) is 1.31. The van der Waals surface area contributed by atoms with Gasteiger partial charge in [0.1, 0.15) is 5.82 Å². The van der Waals surface area contributed by atoms with Gasteiger partial charge in [-0.15, -0.1) is 0 Å². The number of rotatable bonds is 1. The van der Waals surface area contributed by atoms with Gasteiger partial charge in [-0.3, -0.25) is 4.98 Å². The molecule has 0 N–H and O–H groups in total. The zero-order chi connectivity index (χ0) is 10.7. The molecule has 2 nitrogen and oxygen atoms in total. The average Bonchev–Trinajstić information content (AvgIpc) is 2.30. The maximum absolute atomic E-state index is 13.5. The van der Waals surface area contributed by atoms with E-state index in [1.165, 1.54) is 6.07 Å². The number of hydrogen-bond acceptors (Lipinski definition) is 2. The third-order valence-electron chi connectivity index (χ3n) is 2.04. The quantitative estimate of drug-likeness (QED) is 0.706. The van der Waals surface area contributed by atoms with Crippen molar-refractivity contribution in [2.45, 2.75) is 0 Å². The number of nitrogens with zero attached hydrogens (tertiary/aromatic N) is 2. The third kappa shape index (κ3) is 1.84. The topological polar surface area (TPSA) is 36.7 Å². The molecule has 0 bridgehead atoms. The first-order valence-corrected chi connectivity index (χ1v) is 4.42. The van der Waals surface area contributed by atoms with Crippen LogP contribution >= 0.6 is 0 Å². The van der Waals surface area contributed by atoms with E-state index in [0.29, 0.717) is 16.8 Å². The molecule has 2 rings (SSSR count). The monoisotopic (exact) mass is 198 g/mol. The van der Waals surface area contributed by atoms with Crippen molar-refractivity contribution in [2.24, 2.45) is 0 Å². The number of pyridine rings is 1. The second kappa shape index (κ2) is 3.89. The lowest BCUT2D eigenvalue weighted by molar-refractivity contribution is 0.630. The van der Waals surface area contributed by atoms with Gasteiger partial charge in [-0.25, -0.2) is 4.39 Å². The van der Waals surface area contributed by atoms with Gasteiger partial charge in [0.25, 0.3) is 0 Å². The van der Waals surface area contributed by atoms with Crippen LogP contribution in [0.3, 0.4) is 0 Å². The fraction of sp³-hybridized carbons (Fsp3) is 0. The summed E-state index contributed by atoms with van der Waals surface area (Å²) in [5.74, 6) is -0.423.